The summed E-state index contributed by atoms with van der Waals surface area (Å²) in [4.78, 5) is 37.4. The standard InChI is InChI=1S/C19H20N4O3/c1-13(18(25)23-11-10-20-19(23)26)21-15-8-5-9-16(12-15)22-17(24)14-6-3-2-4-7-14/h2-9,12-13,21H,10-11H2,1H3,(H,20,26)(H,22,24)/t13-/m1/s1. The van der Waals surface area contributed by atoms with Crippen molar-refractivity contribution in [3.8, 4) is 0 Å². The van der Waals surface area contributed by atoms with E-state index in [1.54, 1.807) is 55.5 Å². The molecule has 1 atom stereocenters. The summed E-state index contributed by atoms with van der Waals surface area (Å²) in [6, 6.07) is 15.1. The number of anilines is 2. The van der Waals surface area contributed by atoms with Crippen LogP contribution in [0, 0.1) is 0 Å². The Morgan fingerprint density at radius 3 is 2.50 bits per heavy atom. The van der Waals surface area contributed by atoms with Gasteiger partial charge in [-0.05, 0) is 37.3 Å². The molecule has 3 N–H and O–H groups in total. The number of rotatable bonds is 5. The minimum absolute atomic E-state index is 0.208. The summed E-state index contributed by atoms with van der Waals surface area (Å²) in [5, 5.41) is 8.50. The Hall–Kier alpha value is -3.35. The number of carbonyl (C=O) groups excluding carboxylic acids is 3. The zero-order valence-electron chi connectivity index (χ0n) is 14.4. The molecule has 7 heteroatoms. The van der Waals surface area contributed by atoms with Crippen LogP contribution in [0.1, 0.15) is 17.3 Å². The maximum absolute atomic E-state index is 12.3. The van der Waals surface area contributed by atoms with Gasteiger partial charge in [0.25, 0.3) is 11.8 Å². The molecule has 26 heavy (non-hydrogen) atoms. The van der Waals surface area contributed by atoms with Crippen molar-refractivity contribution in [3.05, 3.63) is 60.2 Å². The molecule has 1 heterocycles. The summed E-state index contributed by atoms with van der Waals surface area (Å²) < 4.78 is 0. The summed E-state index contributed by atoms with van der Waals surface area (Å²) in [5.74, 6) is -0.501. The number of imide groups is 1. The number of hydrogen-bond donors (Lipinski definition) is 3. The van der Waals surface area contributed by atoms with Gasteiger partial charge in [0.15, 0.2) is 0 Å². The third-order valence-corrected chi connectivity index (χ3v) is 4.03. The summed E-state index contributed by atoms with van der Waals surface area (Å²) in [5.41, 5.74) is 1.85. The molecular formula is C19H20N4O3. The van der Waals surface area contributed by atoms with E-state index in [4.69, 9.17) is 0 Å². The Balaban J connectivity index is 1.64. The molecule has 0 saturated carbocycles. The van der Waals surface area contributed by atoms with Crippen LogP contribution in [0.3, 0.4) is 0 Å². The molecule has 2 aromatic rings. The second kappa shape index (κ2) is 7.69. The number of amides is 4. The number of benzene rings is 2. The van der Waals surface area contributed by atoms with E-state index in [1.165, 1.54) is 4.90 Å². The minimum Gasteiger partial charge on any atom is -0.374 e. The number of carbonyl (C=O) groups is 3. The lowest BCUT2D eigenvalue weighted by Crippen LogP contribution is -2.43. The summed E-state index contributed by atoms with van der Waals surface area (Å²) in [7, 11) is 0. The fourth-order valence-electron chi connectivity index (χ4n) is 2.71. The first-order chi connectivity index (χ1) is 12.5. The van der Waals surface area contributed by atoms with E-state index in [-0.39, 0.29) is 17.8 Å². The molecule has 1 aliphatic rings. The van der Waals surface area contributed by atoms with Crippen LogP contribution in [0.2, 0.25) is 0 Å². The van der Waals surface area contributed by atoms with E-state index in [1.807, 2.05) is 6.07 Å². The van der Waals surface area contributed by atoms with Crippen molar-refractivity contribution in [2.75, 3.05) is 23.7 Å². The van der Waals surface area contributed by atoms with E-state index >= 15 is 0 Å². The predicted octanol–water partition coefficient (Wildman–Crippen LogP) is 2.29. The van der Waals surface area contributed by atoms with Crippen molar-refractivity contribution in [2.45, 2.75) is 13.0 Å². The van der Waals surface area contributed by atoms with Gasteiger partial charge in [-0.2, -0.15) is 0 Å². The summed E-state index contributed by atoms with van der Waals surface area (Å²) >= 11 is 0. The second-order valence-corrected chi connectivity index (χ2v) is 5.99. The summed E-state index contributed by atoms with van der Waals surface area (Å²) in [6.07, 6.45) is 0. The average Bonchev–Trinajstić information content (AvgIpc) is 3.08. The largest absolute Gasteiger partial charge is 0.374 e. The normalized spacial score (nSPS) is 14.5. The molecule has 0 bridgehead atoms. The molecule has 0 radical (unpaired) electrons. The Bertz CT molecular complexity index is 823. The van der Waals surface area contributed by atoms with Gasteiger partial charge in [-0.25, -0.2) is 4.79 Å². The molecule has 0 spiro atoms. The van der Waals surface area contributed by atoms with Crippen molar-refractivity contribution in [1.82, 2.24) is 10.2 Å². The Morgan fingerprint density at radius 2 is 1.81 bits per heavy atom. The molecular weight excluding hydrogens is 332 g/mol. The van der Waals surface area contributed by atoms with E-state index in [9.17, 15) is 14.4 Å². The van der Waals surface area contributed by atoms with Gasteiger partial charge in [0.1, 0.15) is 6.04 Å². The van der Waals surface area contributed by atoms with Gasteiger partial charge in [-0.1, -0.05) is 24.3 Å². The number of hydrogen-bond acceptors (Lipinski definition) is 4. The van der Waals surface area contributed by atoms with Gasteiger partial charge < -0.3 is 16.0 Å². The number of urea groups is 1. The predicted molar refractivity (Wildman–Crippen MR) is 99.0 cm³/mol. The molecule has 0 unspecified atom stereocenters. The van der Waals surface area contributed by atoms with Crippen molar-refractivity contribution < 1.29 is 14.4 Å². The van der Waals surface area contributed by atoms with E-state index in [0.717, 1.165) is 0 Å². The highest BCUT2D eigenvalue weighted by atomic mass is 16.2. The molecule has 0 aliphatic carbocycles. The zero-order chi connectivity index (χ0) is 18.5. The second-order valence-electron chi connectivity index (χ2n) is 5.99. The van der Waals surface area contributed by atoms with Crippen molar-refractivity contribution in [1.29, 1.82) is 0 Å². The molecule has 4 amide bonds. The van der Waals surface area contributed by atoms with Crippen LogP contribution in [0.15, 0.2) is 54.6 Å². The van der Waals surface area contributed by atoms with Crippen LogP contribution in [0.4, 0.5) is 16.2 Å². The van der Waals surface area contributed by atoms with Gasteiger partial charge in [0.2, 0.25) is 0 Å². The molecule has 1 fully saturated rings. The zero-order valence-corrected chi connectivity index (χ0v) is 14.4. The maximum Gasteiger partial charge on any atom is 0.324 e. The molecule has 2 aromatic carbocycles. The van der Waals surface area contributed by atoms with Gasteiger partial charge >= 0.3 is 6.03 Å². The fraction of sp³-hybridized carbons (Fsp3) is 0.211. The smallest absolute Gasteiger partial charge is 0.324 e. The van der Waals surface area contributed by atoms with Crippen LogP contribution in [0.5, 0.6) is 0 Å². The van der Waals surface area contributed by atoms with Crippen molar-refractivity contribution in [2.24, 2.45) is 0 Å². The van der Waals surface area contributed by atoms with Gasteiger partial charge in [-0.15, -0.1) is 0 Å². The quantitative estimate of drug-likeness (QED) is 0.770. The lowest BCUT2D eigenvalue weighted by molar-refractivity contribution is -0.128. The molecule has 134 valence electrons. The maximum atomic E-state index is 12.3. The fourth-order valence-corrected chi connectivity index (χ4v) is 2.71. The first kappa shape index (κ1) is 17.5. The van der Waals surface area contributed by atoms with Crippen LogP contribution in [-0.2, 0) is 4.79 Å². The first-order valence-electron chi connectivity index (χ1n) is 8.37. The van der Waals surface area contributed by atoms with Crippen LogP contribution in [-0.4, -0.2) is 41.9 Å². The van der Waals surface area contributed by atoms with Crippen LogP contribution < -0.4 is 16.0 Å². The molecule has 1 saturated heterocycles. The third kappa shape index (κ3) is 4.00. The monoisotopic (exact) mass is 352 g/mol. The van der Waals surface area contributed by atoms with E-state index in [0.29, 0.717) is 30.0 Å². The topological polar surface area (TPSA) is 90.5 Å². The van der Waals surface area contributed by atoms with E-state index in [2.05, 4.69) is 16.0 Å². The SMILES string of the molecule is C[C@@H](Nc1cccc(NC(=O)c2ccccc2)c1)C(=O)N1CCNC1=O. The molecule has 7 nitrogen and oxygen atoms in total. The Labute approximate surface area is 151 Å². The molecule has 3 rings (SSSR count). The number of nitrogens with one attached hydrogen (secondary N) is 3. The lowest BCUT2D eigenvalue weighted by Gasteiger charge is -2.20. The lowest BCUT2D eigenvalue weighted by atomic mass is 10.2. The van der Waals surface area contributed by atoms with Crippen LogP contribution in [0.25, 0.3) is 0 Å². The highest BCUT2D eigenvalue weighted by molar-refractivity contribution is 6.04. The van der Waals surface area contributed by atoms with Gasteiger partial charge in [0.05, 0.1) is 0 Å². The molecule has 1 aliphatic heterocycles. The van der Waals surface area contributed by atoms with Gasteiger partial charge in [-0.3, -0.25) is 14.5 Å². The van der Waals surface area contributed by atoms with Crippen molar-refractivity contribution >= 4 is 29.2 Å². The Kier molecular flexibility index (Phi) is 5.17. The Morgan fingerprint density at radius 1 is 1.08 bits per heavy atom. The highest BCUT2D eigenvalue weighted by Gasteiger charge is 2.29. The van der Waals surface area contributed by atoms with E-state index < -0.39 is 6.04 Å². The third-order valence-electron chi connectivity index (χ3n) is 4.03. The summed E-state index contributed by atoms with van der Waals surface area (Å²) in [6.45, 7) is 2.54. The minimum atomic E-state index is -0.570. The average molecular weight is 352 g/mol. The first-order valence-corrected chi connectivity index (χ1v) is 8.37. The van der Waals surface area contributed by atoms with Crippen molar-refractivity contribution in [3.63, 3.8) is 0 Å². The number of nitrogens with zero attached hydrogens (tertiary/aromatic N) is 1. The molecule has 0 aromatic heterocycles. The van der Waals surface area contributed by atoms with Gasteiger partial charge in [0, 0.05) is 30.0 Å². The van der Waals surface area contributed by atoms with Crippen LogP contribution >= 0.6 is 0 Å². The highest BCUT2D eigenvalue weighted by Crippen LogP contribution is 2.17.